The van der Waals surface area contributed by atoms with Gasteiger partial charge in [-0.05, 0) is 6.07 Å². The minimum Gasteiger partial charge on any atom is -0.336 e. The molecule has 148 valence electrons. The molecule has 0 amide bonds. The van der Waals surface area contributed by atoms with Gasteiger partial charge >= 0.3 is 6.18 Å². The first-order chi connectivity index (χ1) is 13.9. The van der Waals surface area contributed by atoms with E-state index in [-0.39, 0.29) is 5.95 Å². The molecule has 0 saturated carbocycles. The molecule has 0 saturated heterocycles. The van der Waals surface area contributed by atoms with E-state index in [0.717, 1.165) is 45.8 Å². The Hall–Kier alpha value is -3.14. The molecule has 7 nitrogen and oxygen atoms in total. The molecule has 3 aromatic heterocycles. The van der Waals surface area contributed by atoms with Crippen LogP contribution in [-0.4, -0.2) is 36.9 Å². The molecule has 0 unspecified atom stereocenters. The Kier molecular flexibility index (Phi) is 3.98. The number of nitrogens with one attached hydrogen (secondary N) is 2. The molecule has 1 aliphatic heterocycles. The Balaban J connectivity index is 1.50. The second kappa shape index (κ2) is 6.45. The molecule has 0 fully saturated rings. The lowest BCUT2D eigenvalue weighted by molar-refractivity contribution is -0.138. The number of hydrogen-bond donors (Lipinski definition) is 2. The Morgan fingerprint density at radius 2 is 1.86 bits per heavy atom. The molecule has 1 aromatic carbocycles. The van der Waals surface area contributed by atoms with Crippen molar-refractivity contribution in [3.05, 3.63) is 52.6 Å². The maximum Gasteiger partial charge on any atom is 0.419 e. The van der Waals surface area contributed by atoms with Gasteiger partial charge in [-0.3, -0.25) is 10.2 Å². The fourth-order valence-electron chi connectivity index (χ4n) is 3.53. The van der Waals surface area contributed by atoms with Gasteiger partial charge in [-0.2, -0.15) is 23.4 Å². The predicted molar refractivity (Wildman–Crippen MR) is 100 cm³/mol. The number of aromatic amines is 2. The largest absolute Gasteiger partial charge is 0.419 e. The number of H-pyrrole nitrogens is 2. The Morgan fingerprint density at radius 1 is 1.07 bits per heavy atom. The van der Waals surface area contributed by atoms with Gasteiger partial charge in [-0.1, -0.05) is 17.7 Å². The van der Waals surface area contributed by atoms with Crippen LogP contribution in [0.5, 0.6) is 0 Å². The average Bonchev–Trinajstić information content (AvgIpc) is 3.35. The average molecular weight is 420 g/mol. The van der Waals surface area contributed by atoms with Gasteiger partial charge in [0.25, 0.3) is 0 Å². The number of nitrogens with zero attached hydrogens (tertiary/aromatic N) is 5. The van der Waals surface area contributed by atoms with Crippen LogP contribution in [0.3, 0.4) is 0 Å². The van der Waals surface area contributed by atoms with Crippen LogP contribution in [0.15, 0.2) is 30.7 Å². The summed E-state index contributed by atoms with van der Waals surface area (Å²) >= 11 is 6.22. The topological polar surface area (TPSA) is 86.4 Å². The zero-order valence-electron chi connectivity index (χ0n) is 14.8. The number of rotatable bonds is 2. The van der Waals surface area contributed by atoms with Gasteiger partial charge < -0.3 is 4.90 Å². The lowest BCUT2D eigenvalue weighted by Crippen LogP contribution is -2.31. The smallest absolute Gasteiger partial charge is 0.336 e. The SMILES string of the molecule is FC(F)(F)c1cnc(N2CCc3[nH]nc(-c4ccc(Cl)c5[nH]ncc45)c3C2)nc1. The number of halogens is 4. The number of aromatic nitrogens is 6. The van der Waals surface area contributed by atoms with Crippen LogP contribution in [0.2, 0.25) is 5.02 Å². The predicted octanol–water partition coefficient (Wildman–Crippen LogP) is 3.98. The Labute approximate surface area is 166 Å². The molecule has 0 radical (unpaired) electrons. The van der Waals surface area contributed by atoms with Gasteiger partial charge in [0.05, 0.1) is 28.0 Å². The Morgan fingerprint density at radius 3 is 2.62 bits per heavy atom. The van der Waals surface area contributed by atoms with Crippen LogP contribution in [0.25, 0.3) is 22.2 Å². The molecule has 11 heteroatoms. The number of alkyl halides is 3. The maximum atomic E-state index is 12.8. The highest BCUT2D eigenvalue weighted by Crippen LogP contribution is 2.36. The second-order valence-corrected chi connectivity index (χ2v) is 7.13. The minimum absolute atomic E-state index is 0.250. The van der Waals surface area contributed by atoms with E-state index in [0.29, 0.717) is 24.5 Å². The highest BCUT2D eigenvalue weighted by Gasteiger charge is 2.32. The molecule has 2 N–H and O–H groups in total. The summed E-state index contributed by atoms with van der Waals surface area (Å²) in [5.41, 5.74) is 3.40. The van der Waals surface area contributed by atoms with Crippen LogP contribution in [0, 0.1) is 0 Å². The summed E-state index contributed by atoms with van der Waals surface area (Å²) in [7, 11) is 0. The molecular formula is C18H13ClF3N7. The third-order valence-corrected chi connectivity index (χ3v) is 5.32. The van der Waals surface area contributed by atoms with Crippen molar-refractivity contribution >= 4 is 28.5 Å². The lowest BCUT2D eigenvalue weighted by atomic mass is 9.99. The van der Waals surface area contributed by atoms with Gasteiger partial charge in [-0.15, -0.1) is 0 Å². The molecule has 0 aliphatic carbocycles. The fourth-order valence-corrected chi connectivity index (χ4v) is 3.74. The van der Waals surface area contributed by atoms with E-state index in [1.54, 1.807) is 12.3 Å². The molecule has 0 atom stereocenters. The van der Waals surface area contributed by atoms with E-state index in [1.807, 2.05) is 11.0 Å². The van der Waals surface area contributed by atoms with Crippen LogP contribution < -0.4 is 4.90 Å². The second-order valence-electron chi connectivity index (χ2n) is 6.72. The summed E-state index contributed by atoms with van der Waals surface area (Å²) in [5, 5.41) is 15.9. The van der Waals surface area contributed by atoms with Crippen LogP contribution in [-0.2, 0) is 19.1 Å². The summed E-state index contributed by atoms with van der Waals surface area (Å²) in [6, 6.07) is 3.66. The van der Waals surface area contributed by atoms with Crippen molar-refractivity contribution in [2.24, 2.45) is 0 Å². The molecule has 4 aromatic rings. The zero-order chi connectivity index (χ0) is 20.2. The van der Waals surface area contributed by atoms with Crippen molar-refractivity contribution in [3.63, 3.8) is 0 Å². The monoisotopic (exact) mass is 419 g/mol. The summed E-state index contributed by atoms with van der Waals surface area (Å²) in [5.74, 6) is 0.250. The van der Waals surface area contributed by atoms with E-state index in [2.05, 4.69) is 30.4 Å². The standard InChI is InChI=1S/C18H13ClF3N7/c19-13-2-1-10(11-7-25-27-16(11)13)15-12-8-29(4-3-14(12)26-28-15)17-23-5-9(6-24-17)18(20,21)22/h1-2,5-7H,3-4,8H2,(H,25,27)(H,26,28). The number of fused-ring (bicyclic) bond motifs is 2. The van der Waals surface area contributed by atoms with E-state index in [4.69, 9.17) is 11.6 Å². The van der Waals surface area contributed by atoms with Gasteiger partial charge in [0.15, 0.2) is 0 Å². The molecule has 0 bridgehead atoms. The number of anilines is 1. The normalized spacial score (nSPS) is 14.4. The molecule has 5 rings (SSSR count). The summed E-state index contributed by atoms with van der Waals surface area (Å²) < 4.78 is 38.3. The molecule has 1 aliphatic rings. The van der Waals surface area contributed by atoms with Crippen molar-refractivity contribution < 1.29 is 13.2 Å². The quantitative estimate of drug-likeness (QED) is 0.513. The van der Waals surface area contributed by atoms with Crippen molar-refractivity contribution in [3.8, 4) is 11.3 Å². The van der Waals surface area contributed by atoms with Gasteiger partial charge in [-0.25, -0.2) is 9.97 Å². The molecule has 4 heterocycles. The lowest BCUT2D eigenvalue weighted by Gasteiger charge is -2.27. The number of benzene rings is 1. The van der Waals surface area contributed by atoms with Crippen LogP contribution in [0.1, 0.15) is 16.8 Å². The first-order valence-electron chi connectivity index (χ1n) is 8.74. The summed E-state index contributed by atoms with van der Waals surface area (Å²) in [6.45, 7) is 0.996. The zero-order valence-corrected chi connectivity index (χ0v) is 15.5. The highest BCUT2D eigenvalue weighted by molar-refractivity contribution is 6.35. The van der Waals surface area contributed by atoms with Crippen molar-refractivity contribution in [2.45, 2.75) is 19.1 Å². The first kappa shape index (κ1) is 17.9. The van der Waals surface area contributed by atoms with E-state index >= 15 is 0 Å². The summed E-state index contributed by atoms with van der Waals surface area (Å²) in [4.78, 5) is 9.66. The maximum absolute atomic E-state index is 12.8. The van der Waals surface area contributed by atoms with Gasteiger partial charge in [0.1, 0.15) is 0 Å². The van der Waals surface area contributed by atoms with Crippen LogP contribution in [0.4, 0.5) is 19.1 Å². The van der Waals surface area contributed by atoms with Gasteiger partial charge in [0.2, 0.25) is 5.95 Å². The molecular weight excluding hydrogens is 407 g/mol. The summed E-state index contributed by atoms with van der Waals surface area (Å²) in [6.07, 6.45) is -0.507. The third-order valence-electron chi connectivity index (χ3n) is 5.00. The highest BCUT2D eigenvalue weighted by atomic mass is 35.5. The van der Waals surface area contributed by atoms with E-state index < -0.39 is 11.7 Å². The van der Waals surface area contributed by atoms with Crippen molar-refractivity contribution in [2.75, 3.05) is 11.4 Å². The van der Waals surface area contributed by atoms with Crippen molar-refractivity contribution in [1.82, 2.24) is 30.4 Å². The molecule has 0 spiro atoms. The third kappa shape index (κ3) is 3.00. The number of hydrogen-bond acceptors (Lipinski definition) is 5. The minimum atomic E-state index is -4.46. The van der Waals surface area contributed by atoms with Crippen LogP contribution >= 0.6 is 11.6 Å². The first-order valence-corrected chi connectivity index (χ1v) is 9.12. The van der Waals surface area contributed by atoms with E-state index in [1.165, 1.54) is 0 Å². The van der Waals surface area contributed by atoms with Gasteiger partial charge in [0, 0.05) is 54.1 Å². The van der Waals surface area contributed by atoms with Crippen molar-refractivity contribution in [1.29, 1.82) is 0 Å². The Bertz CT molecular complexity index is 1200. The fraction of sp³-hybridized carbons (Fsp3) is 0.222. The molecule has 29 heavy (non-hydrogen) atoms. The van der Waals surface area contributed by atoms with E-state index in [9.17, 15) is 13.2 Å².